The fourth-order valence-corrected chi connectivity index (χ4v) is 1.82. The Morgan fingerprint density at radius 1 is 1.56 bits per heavy atom. The summed E-state index contributed by atoms with van der Waals surface area (Å²) in [5.74, 6) is 0.924. The van der Waals surface area contributed by atoms with Crippen molar-refractivity contribution in [3.63, 3.8) is 0 Å². The Morgan fingerprint density at radius 3 is 2.94 bits per heavy atom. The van der Waals surface area contributed by atoms with Gasteiger partial charge in [-0.3, -0.25) is 0 Å². The molecular formula is C11H19IN4. The molecule has 1 aromatic rings. The molecule has 0 saturated heterocycles. The maximum atomic E-state index is 4.19. The number of anilines is 1. The van der Waals surface area contributed by atoms with Gasteiger partial charge in [-0.25, -0.2) is 9.97 Å². The van der Waals surface area contributed by atoms with Crippen LogP contribution in [0.15, 0.2) is 12.5 Å². The lowest BCUT2D eigenvalue weighted by Crippen LogP contribution is -2.32. The summed E-state index contributed by atoms with van der Waals surface area (Å²) in [5, 5.41) is 3.32. The molecular weight excluding hydrogens is 315 g/mol. The van der Waals surface area contributed by atoms with Crippen LogP contribution in [0.1, 0.15) is 20.3 Å². The molecule has 0 aliphatic rings. The Hall–Kier alpha value is -0.430. The molecule has 1 unspecified atom stereocenters. The van der Waals surface area contributed by atoms with Gasteiger partial charge in [-0.05, 0) is 43.0 Å². The topological polar surface area (TPSA) is 41.0 Å². The van der Waals surface area contributed by atoms with E-state index in [1.807, 2.05) is 6.20 Å². The van der Waals surface area contributed by atoms with Crippen molar-refractivity contribution in [1.82, 2.24) is 14.9 Å². The van der Waals surface area contributed by atoms with Gasteiger partial charge in [0.25, 0.3) is 0 Å². The van der Waals surface area contributed by atoms with E-state index in [4.69, 9.17) is 0 Å². The van der Waals surface area contributed by atoms with Crippen LogP contribution in [0.4, 0.5) is 5.82 Å². The van der Waals surface area contributed by atoms with Crippen LogP contribution in [-0.4, -0.2) is 41.0 Å². The third-order valence-corrected chi connectivity index (χ3v) is 3.56. The molecule has 0 saturated carbocycles. The van der Waals surface area contributed by atoms with Gasteiger partial charge in [-0.15, -0.1) is 0 Å². The molecule has 16 heavy (non-hydrogen) atoms. The van der Waals surface area contributed by atoms with Crippen LogP contribution in [-0.2, 0) is 0 Å². The van der Waals surface area contributed by atoms with E-state index in [0.717, 1.165) is 22.5 Å². The molecule has 1 N–H and O–H groups in total. The van der Waals surface area contributed by atoms with Crippen LogP contribution in [0.5, 0.6) is 0 Å². The predicted molar refractivity (Wildman–Crippen MR) is 75.6 cm³/mol. The molecule has 0 amide bonds. The highest BCUT2D eigenvalue weighted by Gasteiger charge is 2.06. The maximum absolute atomic E-state index is 4.19. The first-order valence-electron chi connectivity index (χ1n) is 5.54. The van der Waals surface area contributed by atoms with Crippen molar-refractivity contribution in [2.24, 2.45) is 0 Å². The number of nitrogens with one attached hydrogen (secondary N) is 1. The zero-order valence-electron chi connectivity index (χ0n) is 10.1. The molecule has 1 rings (SSSR count). The Kier molecular flexibility index (Phi) is 5.97. The minimum absolute atomic E-state index is 0.631. The van der Waals surface area contributed by atoms with Crippen LogP contribution in [0, 0.1) is 3.57 Å². The normalized spacial score (nSPS) is 12.8. The zero-order valence-corrected chi connectivity index (χ0v) is 12.2. The maximum Gasteiger partial charge on any atom is 0.142 e. The molecule has 0 spiro atoms. The lowest BCUT2D eigenvalue weighted by atomic mass is 10.2. The first-order chi connectivity index (χ1) is 7.65. The Bertz CT molecular complexity index is 319. The van der Waals surface area contributed by atoms with Gasteiger partial charge in [0.15, 0.2) is 0 Å². The quantitative estimate of drug-likeness (QED) is 0.810. The van der Waals surface area contributed by atoms with Gasteiger partial charge in [-0.2, -0.15) is 0 Å². The Morgan fingerprint density at radius 2 is 2.31 bits per heavy atom. The van der Waals surface area contributed by atoms with Crippen molar-refractivity contribution in [3.05, 3.63) is 16.1 Å². The lowest BCUT2D eigenvalue weighted by Gasteiger charge is -2.23. The molecule has 0 fully saturated rings. The minimum Gasteiger partial charge on any atom is -0.368 e. The first kappa shape index (κ1) is 13.6. The average Bonchev–Trinajstić information content (AvgIpc) is 2.30. The van der Waals surface area contributed by atoms with Crippen LogP contribution in [0.2, 0.25) is 0 Å². The van der Waals surface area contributed by atoms with E-state index in [0.29, 0.717) is 6.04 Å². The first-order valence-corrected chi connectivity index (χ1v) is 6.62. The Labute approximate surface area is 111 Å². The van der Waals surface area contributed by atoms with Gasteiger partial charge in [0.2, 0.25) is 0 Å². The molecule has 0 aliphatic heterocycles. The number of halogens is 1. The summed E-state index contributed by atoms with van der Waals surface area (Å²) in [6.07, 6.45) is 4.57. The fraction of sp³-hybridized carbons (Fsp3) is 0.636. The van der Waals surface area contributed by atoms with Crippen LogP contribution >= 0.6 is 22.6 Å². The van der Waals surface area contributed by atoms with Crippen molar-refractivity contribution in [2.45, 2.75) is 26.3 Å². The highest BCUT2D eigenvalue weighted by molar-refractivity contribution is 14.1. The van der Waals surface area contributed by atoms with E-state index in [1.54, 1.807) is 6.33 Å². The Balaban J connectivity index is 2.33. The second kappa shape index (κ2) is 7.01. The van der Waals surface area contributed by atoms with Gasteiger partial charge in [0.1, 0.15) is 12.1 Å². The molecule has 90 valence electrons. The third kappa shape index (κ3) is 4.21. The van der Waals surface area contributed by atoms with Gasteiger partial charge < -0.3 is 10.2 Å². The molecule has 0 aromatic carbocycles. The summed E-state index contributed by atoms with van der Waals surface area (Å²) in [6.45, 7) is 6.39. The van der Waals surface area contributed by atoms with Crippen molar-refractivity contribution in [2.75, 3.05) is 25.5 Å². The van der Waals surface area contributed by atoms with E-state index in [-0.39, 0.29) is 0 Å². The summed E-state index contributed by atoms with van der Waals surface area (Å²) in [5.41, 5.74) is 0. The summed E-state index contributed by atoms with van der Waals surface area (Å²) in [6, 6.07) is 0.631. The molecule has 0 radical (unpaired) electrons. The standard InChI is InChI=1S/C11H19IN4/c1-4-9(2)16(3)6-5-14-11-10(12)7-13-8-15-11/h7-9H,4-6H2,1-3H3,(H,13,14,15). The zero-order chi connectivity index (χ0) is 12.0. The second-order valence-corrected chi connectivity index (χ2v) is 5.05. The minimum atomic E-state index is 0.631. The molecule has 4 nitrogen and oxygen atoms in total. The SMILES string of the molecule is CCC(C)N(C)CCNc1ncncc1I. The number of hydrogen-bond donors (Lipinski definition) is 1. The molecule has 0 aliphatic carbocycles. The summed E-state index contributed by atoms with van der Waals surface area (Å²) in [7, 11) is 2.15. The average molecular weight is 334 g/mol. The van der Waals surface area contributed by atoms with Crippen molar-refractivity contribution in [3.8, 4) is 0 Å². The number of hydrogen-bond acceptors (Lipinski definition) is 4. The van der Waals surface area contributed by atoms with Crippen LogP contribution in [0.3, 0.4) is 0 Å². The van der Waals surface area contributed by atoms with E-state index in [9.17, 15) is 0 Å². The highest BCUT2D eigenvalue weighted by Crippen LogP contribution is 2.11. The molecule has 1 aromatic heterocycles. The summed E-state index contributed by atoms with van der Waals surface area (Å²) < 4.78 is 1.06. The van der Waals surface area contributed by atoms with E-state index in [2.05, 4.69) is 63.7 Å². The monoisotopic (exact) mass is 334 g/mol. The summed E-state index contributed by atoms with van der Waals surface area (Å²) in [4.78, 5) is 10.5. The van der Waals surface area contributed by atoms with Gasteiger partial charge >= 0.3 is 0 Å². The molecule has 5 heteroatoms. The highest BCUT2D eigenvalue weighted by atomic mass is 127. The van der Waals surface area contributed by atoms with Crippen LogP contribution in [0.25, 0.3) is 0 Å². The number of rotatable bonds is 6. The van der Waals surface area contributed by atoms with Crippen molar-refractivity contribution >= 4 is 28.4 Å². The van der Waals surface area contributed by atoms with Crippen LogP contribution < -0.4 is 5.32 Å². The largest absolute Gasteiger partial charge is 0.368 e. The van der Waals surface area contributed by atoms with Gasteiger partial charge in [-0.1, -0.05) is 6.92 Å². The number of aromatic nitrogens is 2. The smallest absolute Gasteiger partial charge is 0.142 e. The van der Waals surface area contributed by atoms with Crippen molar-refractivity contribution in [1.29, 1.82) is 0 Å². The van der Waals surface area contributed by atoms with Gasteiger partial charge in [0, 0.05) is 25.3 Å². The van der Waals surface area contributed by atoms with E-state index in [1.165, 1.54) is 6.42 Å². The fourth-order valence-electron chi connectivity index (χ4n) is 1.33. The number of likely N-dealkylation sites (N-methyl/N-ethyl adjacent to an activating group) is 1. The van der Waals surface area contributed by atoms with Gasteiger partial charge in [0.05, 0.1) is 3.57 Å². The third-order valence-electron chi connectivity index (χ3n) is 2.77. The van der Waals surface area contributed by atoms with E-state index < -0.39 is 0 Å². The second-order valence-electron chi connectivity index (χ2n) is 3.88. The van der Waals surface area contributed by atoms with Crippen molar-refractivity contribution < 1.29 is 0 Å². The number of nitrogens with zero attached hydrogens (tertiary/aromatic N) is 3. The van der Waals surface area contributed by atoms with E-state index >= 15 is 0 Å². The molecule has 1 atom stereocenters. The predicted octanol–water partition coefficient (Wildman–Crippen LogP) is 2.22. The molecule has 0 bridgehead atoms. The lowest BCUT2D eigenvalue weighted by molar-refractivity contribution is 0.261. The molecule has 1 heterocycles. The summed E-state index contributed by atoms with van der Waals surface area (Å²) >= 11 is 2.24.